The van der Waals surface area contributed by atoms with E-state index in [9.17, 15) is 0 Å². The largest absolute Gasteiger partial charge is 0.339 e. The van der Waals surface area contributed by atoms with Crippen molar-refractivity contribution < 1.29 is 0 Å². The van der Waals surface area contributed by atoms with Gasteiger partial charge < -0.3 is 10.6 Å². The van der Waals surface area contributed by atoms with Gasteiger partial charge >= 0.3 is 0 Å². The zero-order valence-corrected chi connectivity index (χ0v) is 12.9. The highest BCUT2D eigenvalue weighted by atomic mass is 35.5. The Labute approximate surface area is 133 Å². The lowest BCUT2D eigenvalue weighted by Gasteiger charge is -2.08. The lowest BCUT2D eigenvalue weighted by Crippen LogP contribution is -1.99. The number of aryl methyl sites for hydroxylation is 2. The molecule has 1 aromatic carbocycles. The lowest BCUT2D eigenvalue weighted by atomic mass is 10.2. The molecule has 0 aliphatic carbocycles. The van der Waals surface area contributed by atoms with Crippen LogP contribution in [0.2, 0.25) is 5.02 Å². The van der Waals surface area contributed by atoms with Gasteiger partial charge in [-0.2, -0.15) is 5.10 Å². The molecule has 3 N–H and O–H groups in total. The van der Waals surface area contributed by atoms with Crippen LogP contribution in [-0.4, -0.2) is 20.2 Å². The first kappa shape index (κ1) is 14.3. The SMILES string of the molecule is Cc1cc(Nc2cncc(Nc3ccc(Cl)c(C)c3)n2)n[nH]1. The number of halogens is 1. The molecule has 22 heavy (non-hydrogen) atoms. The molecule has 7 heteroatoms. The van der Waals surface area contributed by atoms with E-state index in [1.54, 1.807) is 12.4 Å². The molecule has 3 rings (SSSR count). The van der Waals surface area contributed by atoms with Crippen molar-refractivity contribution >= 4 is 34.7 Å². The van der Waals surface area contributed by atoms with E-state index in [1.165, 1.54) is 0 Å². The number of anilines is 4. The predicted molar refractivity (Wildman–Crippen MR) is 88.1 cm³/mol. The van der Waals surface area contributed by atoms with E-state index >= 15 is 0 Å². The van der Waals surface area contributed by atoms with Crippen LogP contribution in [0.25, 0.3) is 0 Å². The number of nitrogens with zero attached hydrogens (tertiary/aromatic N) is 3. The summed E-state index contributed by atoms with van der Waals surface area (Å²) in [6.45, 7) is 3.89. The van der Waals surface area contributed by atoms with Gasteiger partial charge in [-0.3, -0.25) is 10.1 Å². The molecule has 0 radical (unpaired) electrons. The monoisotopic (exact) mass is 314 g/mol. The van der Waals surface area contributed by atoms with Crippen molar-refractivity contribution in [2.45, 2.75) is 13.8 Å². The first-order valence-corrected chi connectivity index (χ1v) is 7.12. The van der Waals surface area contributed by atoms with Crippen LogP contribution >= 0.6 is 11.6 Å². The van der Waals surface area contributed by atoms with Crippen molar-refractivity contribution in [3.05, 3.63) is 52.9 Å². The summed E-state index contributed by atoms with van der Waals surface area (Å²) in [5.41, 5.74) is 2.88. The maximum Gasteiger partial charge on any atom is 0.153 e. The minimum absolute atomic E-state index is 0.613. The molecule has 0 amide bonds. The van der Waals surface area contributed by atoms with Gasteiger partial charge in [0.2, 0.25) is 0 Å². The van der Waals surface area contributed by atoms with Crippen molar-refractivity contribution in [3.63, 3.8) is 0 Å². The van der Waals surface area contributed by atoms with Gasteiger partial charge in [0.25, 0.3) is 0 Å². The molecule has 0 saturated carbocycles. The third kappa shape index (κ3) is 3.35. The number of hydrogen-bond acceptors (Lipinski definition) is 5. The smallest absolute Gasteiger partial charge is 0.153 e. The maximum absolute atomic E-state index is 6.03. The molecule has 0 unspecified atom stereocenters. The standard InChI is InChI=1S/C15H15ClN6/c1-9-5-11(3-4-12(9)16)18-14-7-17-8-15(20-14)19-13-6-10(2)21-22-13/h3-8H,1-2H3,(H3,18,19,20,21,22). The van der Waals surface area contributed by atoms with Crippen LogP contribution in [0, 0.1) is 13.8 Å². The van der Waals surface area contributed by atoms with Crippen LogP contribution in [0.1, 0.15) is 11.3 Å². The Morgan fingerprint density at radius 1 is 1.00 bits per heavy atom. The third-order valence-corrected chi connectivity index (χ3v) is 3.45. The van der Waals surface area contributed by atoms with Gasteiger partial charge in [0.15, 0.2) is 17.5 Å². The summed E-state index contributed by atoms with van der Waals surface area (Å²) in [6, 6.07) is 7.60. The third-order valence-electron chi connectivity index (χ3n) is 3.03. The molecule has 0 aliphatic heterocycles. The van der Waals surface area contributed by atoms with Crippen LogP contribution < -0.4 is 10.6 Å². The highest BCUT2D eigenvalue weighted by Gasteiger charge is 2.03. The van der Waals surface area contributed by atoms with Crippen LogP contribution in [0.4, 0.5) is 23.1 Å². The second-order valence-electron chi connectivity index (χ2n) is 4.94. The Morgan fingerprint density at radius 2 is 1.77 bits per heavy atom. The van der Waals surface area contributed by atoms with Gasteiger partial charge in [-0.1, -0.05) is 11.6 Å². The average Bonchev–Trinajstić information content (AvgIpc) is 2.89. The Kier molecular flexibility index (Phi) is 3.93. The number of benzene rings is 1. The van der Waals surface area contributed by atoms with Crippen LogP contribution in [0.3, 0.4) is 0 Å². The van der Waals surface area contributed by atoms with E-state index in [1.807, 2.05) is 38.1 Å². The normalized spacial score (nSPS) is 10.5. The highest BCUT2D eigenvalue weighted by molar-refractivity contribution is 6.31. The quantitative estimate of drug-likeness (QED) is 0.679. The van der Waals surface area contributed by atoms with E-state index in [-0.39, 0.29) is 0 Å². The van der Waals surface area contributed by atoms with Crippen molar-refractivity contribution in [2.24, 2.45) is 0 Å². The number of H-pyrrole nitrogens is 1. The van der Waals surface area contributed by atoms with Crippen molar-refractivity contribution in [3.8, 4) is 0 Å². The summed E-state index contributed by atoms with van der Waals surface area (Å²) in [7, 11) is 0. The van der Waals surface area contributed by atoms with Crippen LogP contribution in [0.5, 0.6) is 0 Å². The molecular weight excluding hydrogens is 300 g/mol. The fraction of sp³-hybridized carbons (Fsp3) is 0.133. The van der Waals surface area contributed by atoms with Crippen molar-refractivity contribution in [1.29, 1.82) is 0 Å². The van der Waals surface area contributed by atoms with Crippen molar-refractivity contribution in [1.82, 2.24) is 20.2 Å². The van der Waals surface area contributed by atoms with E-state index < -0.39 is 0 Å². The van der Waals surface area contributed by atoms with E-state index in [0.29, 0.717) is 17.5 Å². The van der Waals surface area contributed by atoms with Gasteiger partial charge in [0, 0.05) is 22.5 Å². The Morgan fingerprint density at radius 3 is 2.45 bits per heavy atom. The number of hydrogen-bond donors (Lipinski definition) is 3. The second kappa shape index (κ2) is 6.03. The minimum Gasteiger partial charge on any atom is -0.339 e. The molecule has 0 aliphatic rings. The molecule has 0 atom stereocenters. The summed E-state index contributed by atoms with van der Waals surface area (Å²) >= 11 is 6.03. The summed E-state index contributed by atoms with van der Waals surface area (Å²) in [5, 5.41) is 14.0. The first-order chi connectivity index (χ1) is 10.6. The molecular formula is C15H15ClN6. The van der Waals surface area contributed by atoms with Crippen LogP contribution in [0.15, 0.2) is 36.7 Å². The first-order valence-electron chi connectivity index (χ1n) is 6.74. The van der Waals surface area contributed by atoms with Gasteiger partial charge in [-0.25, -0.2) is 4.98 Å². The molecule has 0 fully saturated rings. The molecule has 2 aromatic heterocycles. The predicted octanol–water partition coefficient (Wildman–Crippen LogP) is 3.96. The number of nitrogens with one attached hydrogen (secondary N) is 3. The number of aromatic nitrogens is 4. The van der Waals surface area contributed by atoms with Gasteiger partial charge in [0.05, 0.1) is 12.4 Å². The molecule has 6 nitrogen and oxygen atoms in total. The summed E-state index contributed by atoms with van der Waals surface area (Å²) in [5.74, 6) is 1.95. The van der Waals surface area contributed by atoms with E-state index in [2.05, 4.69) is 30.8 Å². The lowest BCUT2D eigenvalue weighted by molar-refractivity contribution is 1.05. The zero-order valence-electron chi connectivity index (χ0n) is 12.2. The maximum atomic E-state index is 6.03. The second-order valence-corrected chi connectivity index (χ2v) is 5.35. The molecule has 2 heterocycles. The Bertz CT molecular complexity index is 798. The minimum atomic E-state index is 0.613. The fourth-order valence-corrected chi connectivity index (χ4v) is 2.09. The van der Waals surface area contributed by atoms with Gasteiger partial charge in [-0.15, -0.1) is 0 Å². The molecule has 3 aromatic rings. The molecule has 0 bridgehead atoms. The van der Waals surface area contributed by atoms with Gasteiger partial charge in [-0.05, 0) is 37.6 Å². The zero-order chi connectivity index (χ0) is 15.5. The summed E-state index contributed by atoms with van der Waals surface area (Å²) in [6.07, 6.45) is 3.30. The molecule has 0 spiro atoms. The number of rotatable bonds is 4. The van der Waals surface area contributed by atoms with E-state index in [0.717, 1.165) is 22.0 Å². The topological polar surface area (TPSA) is 78.5 Å². The highest BCUT2D eigenvalue weighted by Crippen LogP contribution is 2.22. The Hall–Kier alpha value is -2.60. The summed E-state index contributed by atoms with van der Waals surface area (Å²) < 4.78 is 0. The van der Waals surface area contributed by atoms with Crippen LogP contribution in [-0.2, 0) is 0 Å². The molecule has 112 valence electrons. The van der Waals surface area contributed by atoms with Gasteiger partial charge in [0.1, 0.15) is 0 Å². The van der Waals surface area contributed by atoms with E-state index in [4.69, 9.17) is 11.6 Å². The average molecular weight is 315 g/mol. The molecule has 0 saturated heterocycles. The van der Waals surface area contributed by atoms with Crippen molar-refractivity contribution in [2.75, 3.05) is 10.6 Å². The number of aromatic amines is 1. The Balaban J connectivity index is 1.77. The fourth-order valence-electron chi connectivity index (χ4n) is 1.97. The summed E-state index contributed by atoms with van der Waals surface area (Å²) in [4.78, 5) is 8.63.